The van der Waals surface area contributed by atoms with E-state index in [-0.39, 0.29) is 22.4 Å². The third kappa shape index (κ3) is 2.32. The summed E-state index contributed by atoms with van der Waals surface area (Å²) in [7, 11) is 0. The normalized spacial score (nSPS) is 27.7. The van der Waals surface area contributed by atoms with Gasteiger partial charge in [-0.25, -0.2) is 9.97 Å². The van der Waals surface area contributed by atoms with Gasteiger partial charge in [0.25, 0.3) is 5.91 Å². The van der Waals surface area contributed by atoms with Gasteiger partial charge in [0, 0.05) is 6.20 Å². The third-order valence-electron chi connectivity index (χ3n) is 3.87. The lowest BCUT2D eigenvalue weighted by Gasteiger charge is -2.17. The van der Waals surface area contributed by atoms with E-state index in [0.717, 1.165) is 0 Å². The van der Waals surface area contributed by atoms with Crippen LogP contribution >= 0.6 is 0 Å². The Morgan fingerprint density at radius 2 is 2.09 bits per heavy atom. The summed E-state index contributed by atoms with van der Waals surface area (Å²) in [6, 6.07) is 0. The Labute approximate surface area is 130 Å². The Hall–Kier alpha value is -2.27. The zero-order valence-corrected chi connectivity index (χ0v) is 12.2. The van der Waals surface area contributed by atoms with E-state index in [0.29, 0.717) is 5.82 Å². The van der Waals surface area contributed by atoms with E-state index in [1.165, 1.54) is 10.8 Å². The van der Waals surface area contributed by atoms with Crippen LogP contribution in [0.2, 0.25) is 0 Å². The lowest BCUT2D eigenvalue weighted by molar-refractivity contribution is -0.0509. The minimum atomic E-state index is -1.32. The topological polar surface area (TPSA) is 170 Å². The first-order chi connectivity index (χ1) is 10.8. The molecular formula is C13H17N5O5. The van der Waals surface area contributed by atoms with Crippen LogP contribution in [0, 0.1) is 6.92 Å². The molecule has 0 unspecified atom stereocenters. The number of hydrogen-bond acceptors (Lipinski definition) is 8. The number of aryl methyl sites for hydroxylation is 1. The van der Waals surface area contributed by atoms with Crippen molar-refractivity contribution in [2.75, 3.05) is 12.3 Å². The number of nitrogen functional groups attached to an aromatic ring is 1. The maximum absolute atomic E-state index is 11.7. The van der Waals surface area contributed by atoms with E-state index in [4.69, 9.17) is 16.2 Å². The van der Waals surface area contributed by atoms with Crippen LogP contribution in [-0.4, -0.2) is 60.7 Å². The van der Waals surface area contributed by atoms with Crippen LogP contribution in [0.15, 0.2) is 6.20 Å². The van der Waals surface area contributed by atoms with Crippen LogP contribution in [0.5, 0.6) is 0 Å². The molecule has 3 heterocycles. The number of rotatable bonds is 3. The van der Waals surface area contributed by atoms with Crippen molar-refractivity contribution in [3.63, 3.8) is 0 Å². The van der Waals surface area contributed by atoms with Crippen LogP contribution < -0.4 is 11.5 Å². The fourth-order valence-electron chi connectivity index (χ4n) is 2.78. The summed E-state index contributed by atoms with van der Waals surface area (Å²) >= 11 is 0. The summed E-state index contributed by atoms with van der Waals surface area (Å²) in [6.07, 6.45) is -3.26. The average Bonchev–Trinajstić information content (AvgIpc) is 2.99. The molecule has 1 fully saturated rings. The number of ether oxygens (including phenoxy) is 1. The van der Waals surface area contributed by atoms with Crippen molar-refractivity contribution < 1.29 is 24.9 Å². The number of nitrogens with zero attached hydrogens (tertiary/aromatic N) is 3. The zero-order chi connectivity index (χ0) is 16.9. The summed E-state index contributed by atoms with van der Waals surface area (Å²) in [5, 5.41) is 29.5. The minimum absolute atomic E-state index is 0.0757. The largest absolute Gasteiger partial charge is 0.394 e. The van der Waals surface area contributed by atoms with Gasteiger partial charge in [-0.1, -0.05) is 0 Å². The second-order valence-electron chi connectivity index (χ2n) is 5.40. The van der Waals surface area contributed by atoms with Gasteiger partial charge in [-0.05, 0) is 6.92 Å². The highest BCUT2D eigenvalue weighted by Crippen LogP contribution is 2.34. The number of aromatic nitrogens is 3. The molecule has 1 amide bonds. The number of fused-ring (bicyclic) bond motifs is 1. The number of hydrogen-bond donors (Lipinski definition) is 5. The highest BCUT2D eigenvalue weighted by atomic mass is 16.6. The SMILES string of the molecule is Cc1nc(N)c2c(C(N)=O)cn([C@@H]3O[C@@H](CO)[C@H](O)[C@@H]3O)c2n1. The van der Waals surface area contributed by atoms with Gasteiger partial charge in [0.05, 0.1) is 17.6 Å². The number of amides is 1. The first-order valence-corrected chi connectivity index (χ1v) is 6.92. The predicted octanol–water partition coefficient (Wildman–Crippen LogP) is -1.97. The monoisotopic (exact) mass is 323 g/mol. The van der Waals surface area contributed by atoms with E-state index >= 15 is 0 Å². The molecule has 2 aromatic rings. The Kier molecular flexibility index (Phi) is 3.68. The van der Waals surface area contributed by atoms with Crippen molar-refractivity contribution in [2.24, 2.45) is 5.73 Å². The summed E-state index contributed by atoms with van der Waals surface area (Å²) in [6.45, 7) is 1.15. The number of carbonyl (C=O) groups excluding carboxylic acids is 1. The molecule has 0 saturated carbocycles. The van der Waals surface area contributed by atoms with E-state index in [1.807, 2.05) is 0 Å². The van der Waals surface area contributed by atoms with Gasteiger partial charge in [-0.2, -0.15) is 0 Å². The second kappa shape index (κ2) is 5.42. The second-order valence-corrected chi connectivity index (χ2v) is 5.40. The van der Waals surface area contributed by atoms with Crippen LogP contribution in [0.4, 0.5) is 5.82 Å². The van der Waals surface area contributed by atoms with Gasteiger partial charge in [-0.3, -0.25) is 4.79 Å². The molecule has 1 saturated heterocycles. The summed E-state index contributed by atoms with van der Waals surface area (Å²) < 4.78 is 6.83. The minimum Gasteiger partial charge on any atom is -0.394 e. The molecule has 7 N–H and O–H groups in total. The molecule has 0 radical (unpaired) electrons. The number of anilines is 1. The van der Waals surface area contributed by atoms with Gasteiger partial charge < -0.3 is 36.1 Å². The van der Waals surface area contributed by atoms with Crippen LogP contribution in [0.25, 0.3) is 11.0 Å². The molecule has 10 nitrogen and oxygen atoms in total. The lowest BCUT2D eigenvalue weighted by atomic mass is 10.1. The molecule has 23 heavy (non-hydrogen) atoms. The zero-order valence-electron chi connectivity index (χ0n) is 12.2. The first-order valence-electron chi connectivity index (χ1n) is 6.92. The molecule has 2 aromatic heterocycles. The van der Waals surface area contributed by atoms with E-state index < -0.39 is 37.1 Å². The number of primary amides is 1. The Morgan fingerprint density at radius 3 is 2.65 bits per heavy atom. The Morgan fingerprint density at radius 1 is 1.39 bits per heavy atom. The van der Waals surface area contributed by atoms with Crippen molar-refractivity contribution in [3.05, 3.63) is 17.6 Å². The highest BCUT2D eigenvalue weighted by Gasteiger charge is 2.44. The van der Waals surface area contributed by atoms with Gasteiger partial charge >= 0.3 is 0 Å². The third-order valence-corrected chi connectivity index (χ3v) is 3.87. The summed E-state index contributed by atoms with van der Waals surface area (Å²) in [4.78, 5) is 19.9. The maximum Gasteiger partial charge on any atom is 0.251 e. The molecule has 0 aliphatic carbocycles. The van der Waals surface area contributed by atoms with Crippen LogP contribution in [0.3, 0.4) is 0 Å². The Balaban J connectivity index is 2.20. The van der Waals surface area contributed by atoms with Crippen molar-refractivity contribution in [3.8, 4) is 0 Å². The number of aliphatic hydroxyl groups is 3. The molecule has 0 bridgehead atoms. The quantitative estimate of drug-likeness (QED) is 0.433. The molecule has 4 atom stereocenters. The first kappa shape index (κ1) is 15.6. The van der Waals surface area contributed by atoms with Crippen LogP contribution in [0.1, 0.15) is 22.4 Å². The molecule has 0 aromatic carbocycles. The van der Waals surface area contributed by atoms with Crippen LogP contribution in [-0.2, 0) is 4.74 Å². The molecule has 3 rings (SSSR count). The lowest BCUT2D eigenvalue weighted by Crippen LogP contribution is -2.33. The smallest absolute Gasteiger partial charge is 0.251 e. The fourth-order valence-corrected chi connectivity index (χ4v) is 2.78. The molecular weight excluding hydrogens is 306 g/mol. The molecule has 10 heteroatoms. The van der Waals surface area contributed by atoms with Gasteiger partial charge in [-0.15, -0.1) is 0 Å². The summed E-state index contributed by atoms with van der Waals surface area (Å²) in [5.74, 6) is -0.302. The Bertz CT molecular complexity index is 776. The highest BCUT2D eigenvalue weighted by molar-refractivity contribution is 6.08. The number of carbonyl (C=O) groups is 1. The number of aliphatic hydroxyl groups excluding tert-OH is 3. The average molecular weight is 323 g/mol. The maximum atomic E-state index is 11.7. The predicted molar refractivity (Wildman–Crippen MR) is 78.2 cm³/mol. The molecule has 124 valence electrons. The molecule has 0 spiro atoms. The van der Waals surface area contributed by atoms with E-state index in [9.17, 15) is 20.1 Å². The summed E-state index contributed by atoms with van der Waals surface area (Å²) in [5.41, 5.74) is 11.5. The van der Waals surface area contributed by atoms with Crippen molar-refractivity contribution in [2.45, 2.75) is 31.5 Å². The van der Waals surface area contributed by atoms with E-state index in [1.54, 1.807) is 6.92 Å². The standard InChI is InChI=1S/C13H17N5O5/c1-4-16-10(14)7-5(11(15)22)2-18(12(7)17-4)13-9(21)8(20)6(3-19)23-13/h2,6,8-9,13,19-21H,3H2,1H3,(H2,15,22)(H2,14,16,17)/t6-,8-,9-,13+/m0/s1. The fraction of sp³-hybridized carbons (Fsp3) is 0.462. The van der Waals surface area contributed by atoms with Crippen molar-refractivity contribution in [1.29, 1.82) is 0 Å². The number of nitrogens with two attached hydrogens (primary N) is 2. The van der Waals surface area contributed by atoms with Crippen molar-refractivity contribution in [1.82, 2.24) is 14.5 Å². The molecule has 1 aliphatic heterocycles. The van der Waals surface area contributed by atoms with E-state index in [2.05, 4.69) is 9.97 Å². The molecule has 1 aliphatic rings. The van der Waals surface area contributed by atoms with Gasteiger partial charge in [0.2, 0.25) is 0 Å². The van der Waals surface area contributed by atoms with Crippen molar-refractivity contribution >= 4 is 22.8 Å². The van der Waals surface area contributed by atoms with Gasteiger partial charge in [0.1, 0.15) is 35.6 Å². The van der Waals surface area contributed by atoms with Gasteiger partial charge in [0.15, 0.2) is 6.23 Å².